The normalized spacial score (nSPS) is 18.9. The van der Waals surface area contributed by atoms with Gasteiger partial charge < -0.3 is 15.0 Å². The van der Waals surface area contributed by atoms with E-state index in [1.165, 1.54) is 36.3 Å². The topological polar surface area (TPSA) is 165 Å². The van der Waals surface area contributed by atoms with Crippen molar-refractivity contribution in [3.63, 3.8) is 0 Å². The molecule has 4 rings (SSSR count). The highest BCUT2D eigenvalue weighted by molar-refractivity contribution is 7.89. The predicted octanol–water partition coefficient (Wildman–Crippen LogP) is -0.248. The smallest absolute Gasteiger partial charge is 0.323 e. The van der Waals surface area contributed by atoms with Gasteiger partial charge >= 0.3 is 6.03 Å². The third kappa shape index (κ3) is 5.01. The van der Waals surface area contributed by atoms with Crippen LogP contribution in [0.15, 0.2) is 42.5 Å². The second-order valence-corrected chi connectivity index (χ2v) is 9.67. The van der Waals surface area contributed by atoms with E-state index in [9.17, 15) is 27.6 Å². The van der Waals surface area contributed by atoms with Crippen molar-refractivity contribution in [1.29, 1.82) is 0 Å². The number of rotatable bonds is 6. The fraction of sp³-hybridized carbons (Fsp3) is 0.217. The fourth-order valence-electron chi connectivity index (χ4n) is 3.80. The summed E-state index contributed by atoms with van der Waals surface area (Å²) >= 11 is 0. The highest BCUT2D eigenvalue weighted by Gasteiger charge is 2.48. The van der Waals surface area contributed by atoms with Gasteiger partial charge in [0.15, 0.2) is 5.78 Å². The van der Waals surface area contributed by atoms with Gasteiger partial charge in [-0.2, -0.15) is 0 Å². The Kier molecular flexibility index (Phi) is 6.06. The first-order chi connectivity index (χ1) is 16.5. The Bertz CT molecular complexity index is 1420. The fourth-order valence-corrected chi connectivity index (χ4v) is 4.33. The molecular formula is C23H20N4O7S. The van der Waals surface area contributed by atoms with Gasteiger partial charge in [0.2, 0.25) is 15.6 Å². The summed E-state index contributed by atoms with van der Waals surface area (Å²) in [6, 6.07) is 10.1. The molecule has 0 spiro atoms. The summed E-state index contributed by atoms with van der Waals surface area (Å²) in [4.78, 5) is 51.0. The molecule has 11 nitrogen and oxygen atoms in total. The number of nitrogens with two attached hydrogens (primary N) is 1. The van der Waals surface area contributed by atoms with Gasteiger partial charge in [0, 0.05) is 23.2 Å². The van der Waals surface area contributed by atoms with Gasteiger partial charge in [-0.15, -0.1) is 0 Å². The third-order valence-electron chi connectivity index (χ3n) is 5.52. The Hall–Kier alpha value is -4.21. The molecule has 0 aromatic heterocycles. The van der Waals surface area contributed by atoms with Crippen LogP contribution in [0, 0.1) is 11.8 Å². The van der Waals surface area contributed by atoms with Crippen LogP contribution in [0.1, 0.15) is 31.8 Å². The van der Waals surface area contributed by atoms with E-state index in [4.69, 9.17) is 9.88 Å². The Labute approximate surface area is 200 Å². The van der Waals surface area contributed by atoms with Crippen LogP contribution < -0.4 is 20.5 Å². The maximum Gasteiger partial charge on any atom is 0.323 e. The highest BCUT2D eigenvalue weighted by atomic mass is 32.2. The zero-order valence-corrected chi connectivity index (χ0v) is 19.3. The monoisotopic (exact) mass is 496 g/mol. The van der Waals surface area contributed by atoms with Crippen molar-refractivity contribution in [2.45, 2.75) is 12.1 Å². The maximum absolute atomic E-state index is 13.0. The van der Waals surface area contributed by atoms with Gasteiger partial charge in [0.05, 0.1) is 13.7 Å². The molecule has 1 fully saturated rings. The molecule has 12 heteroatoms. The number of Topliss-reactive ketones (excluding diaryl/α,β-unsaturated/α-hetero) is 1. The number of carbonyl (C=O) groups is 4. The van der Waals surface area contributed by atoms with Crippen LogP contribution in [-0.2, 0) is 21.4 Å². The molecule has 2 aromatic rings. The number of ether oxygens (including phenoxy) is 1. The van der Waals surface area contributed by atoms with Crippen molar-refractivity contribution < 1.29 is 32.3 Å². The molecule has 0 radical (unpaired) electrons. The minimum absolute atomic E-state index is 0.127. The molecule has 1 unspecified atom stereocenters. The van der Waals surface area contributed by atoms with Gasteiger partial charge in [-0.3, -0.25) is 19.7 Å². The lowest BCUT2D eigenvalue weighted by Crippen LogP contribution is -2.54. The van der Waals surface area contributed by atoms with Crippen molar-refractivity contribution >= 4 is 33.7 Å². The van der Waals surface area contributed by atoms with Gasteiger partial charge in [-0.25, -0.2) is 18.4 Å². The molecule has 1 atom stereocenters. The number of fused-ring (bicyclic) bond motifs is 1. The molecule has 2 heterocycles. The molecule has 0 aliphatic carbocycles. The second-order valence-electron chi connectivity index (χ2n) is 8.06. The number of nitrogens with zero attached hydrogens (tertiary/aromatic N) is 1. The van der Waals surface area contributed by atoms with E-state index in [1.807, 2.05) is 0 Å². The summed E-state index contributed by atoms with van der Waals surface area (Å²) in [5.74, 6) is 3.54. The minimum Gasteiger partial charge on any atom is -0.497 e. The Morgan fingerprint density at radius 1 is 1.17 bits per heavy atom. The Morgan fingerprint density at radius 2 is 1.89 bits per heavy atom. The van der Waals surface area contributed by atoms with Crippen molar-refractivity contribution in [3.05, 3.63) is 64.7 Å². The number of primary sulfonamides is 1. The van der Waals surface area contributed by atoms with Crippen LogP contribution in [0.3, 0.4) is 0 Å². The molecule has 180 valence electrons. The average molecular weight is 497 g/mol. The van der Waals surface area contributed by atoms with Gasteiger partial charge in [-0.1, -0.05) is 30.0 Å². The van der Waals surface area contributed by atoms with Crippen LogP contribution in [0.2, 0.25) is 0 Å². The van der Waals surface area contributed by atoms with Crippen LogP contribution in [0.25, 0.3) is 0 Å². The lowest BCUT2D eigenvalue weighted by molar-refractivity contribution is -0.122. The first-order valence-corrected chi connectivity index (χ1v) is 12.0. The Morgan fingerprint density at radius 3 is 2.49 bits per heavy atom. The Balaban J connectivity index is 1.58. The number of imide groups is 1. The van der Waals surface area contributed by atoms with Crippen LogP contribution >= 0.6 is 0 Å². The number of benzene rings is 2. The molecule has 35 heavy (non-hydrogen) atoms. The number of amides is 4. The van der Waals surface area contributed by atoms with E-state index in [0.29, 0.717) is 16.9 Å². The highest BCUT2D eigenvalue weighted by Crippen LogP contribution is 2.28. The SMILES string of the molecule is COc1ccc2c(c1)C(=O)N(CC1(C#Cc3ccc(C(=O)CS(N)(=O)=O)cc3)NC(=O)NC1=O)C2. The number of hydrogen-bond acceptors (Lipinski definition) is 7. The van der Waals surface area contributed by atoms with E-state index in [2.05, 4.69) is 22.5 Å². The molecular weight excluding hydrogens is 476 g/mol. The van der Waals surface area contributed by atoms with Gasteiger partial charge in [-0.05, 0) is 29.8 Å². The molecule has 4 amide bonds. The quantitative estimate of drug-likeness (QED) is 0.282. The van der Waals surface area contributed by atoms with E-state index >= 15 is 0 Å². The number of methoxy groups -OCH3 is 1. The number of carbonyl (C=O) groups excluding carboxylic acids is 4. The summed E-state index contributed by atoms with van der Waals surface area (Å²) < 4.78 is 27.4. The average Bonchev–Trinajstić information content (AvgIpc) is 3.26. The number of hydrogen-bond donors (Lipinski definition) is 3. The molecule has 0 saturated carbocycles. The van der Waals surface area contributed by atoms with E-state index in [-0.39, 0.29) is 24.6 Å². The number of sulfonamides is 1. The molecule has 2 aliphatic heterocycles. The number of ketones is 1. The standard InChI is InChI=1S/C23H20N4O7S/c1-34-17-7-6-16-11-27(20(29)18(16)10-17)13-23(21(30)25-22(31)26-23)9-8-14-2-4-15(5-3-14)19(28)12-35(24,32)33/h2-7,10H,11-13H2,1H3,(H2,24,32,33)(H2,25,26,30,31). The van der Waals surface area contributed by atoms with Crippen molar-refractivity contribution in [2.75, 3.05) is 19.4 Å². The largest absolute Gasteiger partial charge is 0.497 e. The lowest BCUT2D eigenvalue weighted by Gasteiger charge is -2.26. The van der Waals surface area contributed by atoms with Crippen molar-refractivity contribution in [2.24, 2.45) is 5.14 Å². The van der Waals surface area contributed by atoms with Gasteiger partial charge in [0.1, 0.15) is 11.5 Å². The molecule has 2 aromatic carbocycles. The van der Waals surface area contributed by atoms with Crippen molar-refractivity contribution in [3.8, 4) is 17.6 Å². The third-order valence-corrected chi connectivity index (χ3v) is 6.19. The van der Waals surface area contributed by atoms with Crippen LogP contribution in [-0.4, -0.2) is 61.9 Å². The summed E-state index contributed by atoms with van der Waals surface area (Å²) in [6.45, 7) is 0.0317. The molecule has 4 N–H and O–H groups in total. The summed E-state index contributed by atoms with van der Waals surface area (Å²) in [7, 11) is -2.47. The predicted molar refractivity (Wildman–Crippen MR) is 123 cm³/mol. The summed E-state index contributed by atoms with van der Waals surface area (Å²) in [5.41, 5.74) is 0.0229. The van der Waals surface area contributed by atoms with Crippen molar-refractivity contribution in [1.82, 2.24) is 15.5 Å². The first kappa shape index (κ1) is 23.9. The molecule has 1 saturated heterocycles. The summed E-state index contributed by atoms with van der Waals surface area (Å²) in [5, 5.41) is 9.57. The van der Waals surface area contributed by atoms with E-state index in [0.717, 1.165) is 5.56 Å². The number of urea groups is 1. The van der Waals surface area contributed by atoms with E-state index in [1.54, 1.807) is 18.2 Å². The van der Waals surface area contributed by atoms with Crippen LogP contribution in [0.5, 0.6) is 5.75 Å². The maximum atomic E-state index is 13.0. The zero-order valence-electron chi connectivity index (χ0n) is 18.5. The minimum atomic E-state index is -3.96. The molecule has 0 bridgehead atoms. The molecule has 2 aliphatic rings. The zero-order chi connectivity index (χ0) is 25.4. The summed E-state index contributed by atoms with van der Waals surface area (Å²) in [6.07, 6.45) is 0. The van der Waals surface area contributed by atoms with Crippen LogP contribution in [0.4, 0.5) is 4.79 Å². The number of nitrogens with one attached hydrogen (secondary N) is 2. The van der Waals surface area contributed by atoms with E-state index < -0.39 is 39.0 Å². The van der Waals surface area contributed by atoms with Gasteiger partial charge in [0.25, 0.3) is 11.8 Å². The first-order valence-electron chi connectivity index (χ1n) is 10.3. The lowest BCUT2D eigenvalue weighted by atomic mass is 9.98. The second kappa shape index (κ2) is 8.86.